The van der Waals surface area contributed by atoms with E-state index >= 15 is 0 Å². The third-order valence-corrected chi connectivity index (χ3v) is 2.95. The molecule has 0 aromatic heterocycles. The van der Waals surface area contributed by atoms with Gasteiger partial charge in [-0.25, -0.2) is 0 Å². The molecular formula is C13H28O3. The molecule has 3 nitrogen and oxygen atoms in total. The highest BCUT2D eigenvalue weighted by molar-refractivity contribution is 4.74. The summed E-state index contributed by atoms with van der Waals surface area (Å²) >= 11 is 0. The summed E-state index contributed by atoms with van der Waals surface area (Å²) in [7, 11) is 3.21. The molecule has 0 aromatic carbocycles. The summed E-state index contributed by atoms with van der Waals surface area (Å²) < 4.78 is 10.2. The van der Waals surface area contributed by atoms with Crippen LogP contribution in [0.2, 0.25) is 0 Å². The van der Waals surface area contributed by atoms with Crippen molar-refractivity contribution in [1.29, 1.82) is 0 Å². The summed E-state index contributed by atoms with van der Waals surface area (Å²) in [5.41, 5.74) is -0.678. The number of methoxy groups -OCH3 is 2. The molecule has 98 valence electrons. The van der Waals surface area contributed by atoms with Crippen LogP contribution in [0.3, 0.4) is 0 Å². The van der Waals surface area contributed by atoms with Gasteiger partial charge >= 0.3 is 0 Å². The summed E-state index contributed by atoms with van der Waals surface area (Å²) in [6, 6.07) is 0. The molecule has 0 heterocycles. The smallest absolute Gasteiger partial charge is 0.159 e. The lowest BCUT2D eigenvalue weighted by molar-refractivity contribution is -0.141. The van der Waals surface area contributed by atoms with E-state index in [1.54, 1.807) is 14.2 Å². The van der Waals surface area contributed by atoms with E-state index in [0.717, 1.165) is 12.8 Å². The SMILES string of the molecule is CCCCCCCC(C)(O)CC(OC)OC. The molecule has 3 heteroatoms. The Labute approximate surface area is 100 Å². The van der Waals surface area contributed by atoms with Gasteiger partial charge in [0.25, 0.3) is 0 Å². The molecule has 0 aliphatic rings. The molecule has 0 aliphatic carbocycles. The molecule has 0 fully saturated rings. The van der Waals surface area contributed by atoms with E-state index in [1.807, 2.05) is 6.92 Å². The van der Waals surface area contributed by atoms with Gasteiger partial charge in [-0.05, 0) is 13.3 Å². The summed E-state index contributed by atoms with van der Waals surface area (Å²) in [4.78, 5) is 0. The minimum atomic E-state index is -0.678. The van der Waals surface area contributed by atoms with Crippen LogP contribution in [0.4, 0.5) is 0 Å². The molecule has 1 N–H and O–H groups in total. The zero-order chi connectivity index (χ0) is 12.4. The van der Waals surface area contributed by atoms with Gasteiger partial charge in [0.15, 0.2) is 6.29 Å². The third-order valence-electron chi connectivity index (χ3n) is 2.95. The van der Waals surface area contributed by atoms with Gasteiger partial charge in [-0.15, -0.1) is 0 Å². The molecule has 0 radical (unpaired) electrons. The highest BCUT2D eigenvalue weighted by Gasteiger charge is 2.24. The fraction of sp³-hybridized carbons (Fsp3) is 1.00. The molecule has 0 spiro atoms. The van der Waals surface area contributed by atoms with Gasteiger partial charge in [-0.3, -0.25) is 0 Å². The predicted octanol–water partition coefficient (Wildman–Crippen LogP) is 3.11. The maximum Gasteiger partial charge on any atom is 0.159 e. The van der Waals surface area contributed by atoms with Crippen molar-refractivity contribution >= 4 is 0 Å². The van der Waals surface area contributed by atoms with E-state index in [2.05, 4.69) is 6.92 Å². The lowest BCUT2D eigenvalue weighted by atomic mass is 9.94. The first-order valence-electron chi connectivity index (χ1n) is 6.33. The molecule has 0 saturated heterocycles. The second-order valence-corrected chi connectivity index (χ2v) is 4.77. The van der Waals surface area contributed by atoms with Crippen LogP contribution in [0.15, 0.2) is 0 Å². The highest BCUT2D eigenvalue weighted by atomic mass is 16.7. The predicted molar refractivity (Wildman–Crippen MR) is 66.4 cm³/mol. The molecule has 1 unspecified atom stereocenters. The molecule has 0 aliphatic heterocycles. The summed E-state index contributed by atoms with van der Waals surface area (Å²) in [6.45, 7) is 4.07. The fourth-order valence-corrected chi connectivity index (χ4v) is 1.83. The van der Waals surface area contributed by atoms with E-state index < -0.39 is 5.60 Å². The maximum atomic E-state index is 10.1. The summed E-state index contributed by atoms with van der Waals surface area (Å²) in [5, 5.41) is 10.1. The second kappa shape index (κ2) is 8.97. The second-order valence-electron chi connectivity index (χ2n) is 4.77. The van der Waals surface area contributed by atoms with E-state index in [-0.39, 0.29) is 6.29 Å². The van der Waals surface area contributed by atoms with Gasteiger partial charge in [0.05, 0.1) is 5.60 Å². The average molecular weight is 232 g/mol. The number of aliphatic hydroxyl groups is 1. The van der Waals surface area contributed by atoms with Crippen molar-refractivity contribution in [2.75, 3.05) is 14.2 Å². The first-order valence-corrected chi connectivity index (χ1v) is 6.33. The van der Waals surface area contributed by atoms with Gasteiger partial charge in [0.1, 0.15) is 0 Å². The van der Waals surface area contributed by atoms with E-state index in [9.17, 15) is 5.11 Å². The van der Waals surface area contributed by atoms with Crippen molar-refractivity contribution in [3.8, 4) is 0 Å². The number of rotatable bonds is 10. The van der Waals surface area contributed by atoms with Crippen molar-refractivity contribution in [1.82, 2.24) is 0 Å². The standard InChI is InChI=1S/C13H28O3/c1-5-6-7-8-9-10-13(2,14)11-12(15-3)16-4/h12,14H,5-11H2,1-4H3. The molecule has 0 aromatic rings. The molecule has 0 amide bonds. The molecule has 0 saturated carbocycles. The zero-order valence-corrected chi connectivity index (χ0v) is 11.3. The van der Waals surface area contributed by atoms with Crippen LogP contribution >= 0.6 is 0 Å². The largest absolute Gasteiger partial charge is 0.390 e. The fourth-order valence-electron chi connectivity index (χ4n) is 1.83. The van der Waals surface area contributed by atoms with Crippen LogP contribution in [0.1, 0.15) is 58.8 Å². The molecule has 1 atom stereocenters. The van der Waals surface area contributed by atoms with Crippen LogP contribution in [-0.4, -0.2) is 31.2 Å². The Hall–Kier alpha value is -0.120. The third kappa shape index (κ3) is 8.08. The van der Waals surface area contributed by atoms with Crippen molar-refractivity contribution in [3.63, 3.8) is 0 Å². The van der Waals surface area contributed by atoms with Crippen molar-refractivity contribution in [2.24, 2.45) is 0 Å². The Bertz CT molecular complexity index is 153. The lowest BCUT2D eigenvalue weighted by Crippen LogP contribution is -2.31. The number of hydrogen-bond acceptors (Lipinski definition) is 3. The van der Waals surface area contributed by atoms with E-state index in [1.165, 1.54) is 25.7 Å². The average Bonchev–Trinajstić information content (AvgIpc) is 2.25. The number of ether oxygens (including phenoxy) is 2. The van der Waals surface area contributed by atoms with Crippen LogP contribution in [0, 0.1) is 0 Å². The van der Waals surface area contributed by atoms with Gasteiger partial charge in [0, 0.05) is 20.6 Å². The maximum absolute atomic E-state index is 10.1. The Morgan fingerprint density at radius 1 is 1.06 bits per heavy atom. The Morgan fingerprint density at radius 3 is 2.12 bits per heavy atom. The quantitative estimate of drug-likeness (QED) is 0.464. The Kier molecular flexibility index (Phi) is 8.90. The van der Waals surface area contributed by atoms with Gasteiger partial charge < -0.3 is 14.6 Å². The first-order chi connectivity index (χ1) is 7.55. The van der Waals surface area contributed by atoms with Crippen molar-refractivity contribution < 1.29 is 14.6 Å². The zero-order valence-electron chi connectivity index (χ0n) is 11.3. The summed E-state index contributed by atoms with van der Waals surface area (Å²) in [5.74, 6) is 0. The molecule has 0 rings (SSSR count). The van der Waals surface area contributed by atoms with Gasteiger partial charge in [0.2, 0.25) is 0 Å². The van der Waals surface area contributed by atoms with E-state index in [0.29, 0.717) is 6.42 Å². The van der Waals surface area contributed by atoms with E-state index in [4.69, 9.17) is 9.47 Å². The van der Waals surface area contributed by atoms with Gasteiger partial charge in [-0.2, -0.15) is 0 Å². The Balaban J connectivity index is 3.68. The minimum absolute atomic E-state index is 0.300. The summed E-state index contributed by atoms with van der Waals surface area (Å²) in [6.07, 6.45) is 7.15. The Morgan fingerprint density at radius 2 is 1.62 bits per heavy atom. The van der Waals surface area contributed by atoms with Gasteiger partial charge in [-0.1, -0.05) is 39.0 Å². The lowest BCUT2D eigenvalue weighted by Gasteiger charge is -2.27. The van der Waals surface area contributed by atoms with Crippen LogP contribution in [-0.2, 0) is 9.47 Å². The monoisotopic (exact) mass is 232 g/mol. The van der Waals surface area contributed by atoms with Crippen LogP contribution in [0.25, 0.3) is 0 Å². The van der Waals surface area contributed by atoms with Crippen molar-refractivity contribution in [3.05, 3.63) is 0 Å². The topological polar surface area (TPSA) is 38.7 Å². The molecule has 0 bridgehead atoms. The van der Waals surface area contributed by atoms with Crippen molar-refractivity contribution in [2.45, 2.75) is 70.7 Å². The molecule has 16 heavy (non-hydrogen) atoms. The van der Waals surface area contributed by atoms with Crippen LogP contribution < -0.4 is 0 Å². The highest BCUT2D eigenvalue weighted by Crippen LogP contribution is 2.22. The first kappa shape index (κ1) is 15.9. The van der Waals surface area contributed by atoms with Crippen LogP contribution in [0.5, 0.6) is 0 Å². The minimum Gasteiger partial charge on any atom is -0.390 e. The molecular weight excluding hydrogens is 204 g/mol. The number of hydrogen-bond donors (Lipinski definition) is 1. The normalized spacial score (nSPS) is 15.4. The number of unbranched alkanes of at least 4 members (excludes halogenated alkanes) is 4.